The van der Waals surface area contributed by atoms with Crippen molar-refractivity contribution >= 4 is 65.7 Å². The molecular weight excluding hydrogens is 596 g/mol. The van der Waals surface area contributed by atoms with Crippen LogP contribution in [-0.2, 0) is 20.2 Å². The van der Waals surface area contributed by atoms with E-state index in [-0.39, 0.29) is 39.1 Å². The second kappa shape index (κ2) is 11.1. The van der Waals surface area contributed by atoms with Gasteiger partial charge in [0.05, 0.1) is 20.4 Å². The van der Waals surface area contributed by atoms with Gasteiger partial charge >= 0.3 is 6.03 Å². The van der Waals surface area contributed by atoms with Crippen LogP contribution >= 0.6 is 0 Å². The largest absolute Gasteiger partial charge is 0.507 e. The van der Waals surface area contributed by atoms with Crippen LogP contribution < -0.4 is 16.0 Å². The molecule has 0 saturated heterocycles. The lowest BCUT2D eigenvalue weighted by Crippen LogP contribution is -2.20. The van der Waals surface area contributed by atoms with Gasteiger partial charge in [-0.3, -0.25) is 24.0 Å². The van der Waals surface area contributed by atoms with Crippen molar-refractivity contribution in [2.24, 2.45) is 0 Å². The minimum Gasteiger partial charge on any atom is -0.507 e. The Morgan fingerprint density at radius 1 is 0.810 bits per heavy atom. The Balaban J connectivity index is 1.64. The Morgan fingerprint density at radius 3 is 2.07 bits per heavy atom. The maximum absolute atomic E-state index is 13.1. The van der Waals surface area contributed by atoms with Gasteiger partial charge in [-0.25, -0.2) is 4.79 Å². The Labute approximate surface area is 237 Å². The number of phenols is 1. The van der Waals surface area contributed by atoms with E-state index in [1.54, 1.807) is 13.0 Å². The van der Waals surface area contributed by atoms with Gasteiger partial charge in [0, 0.05) is 28.8 Å². The van der Waals surface area contributed by atoms with Gasteiger partial charge in [0.25, 0.3) is 31.8 Å². The lowest BCUT2D eigenvalue weighted by Gasteiger charge is -2.14. The Morgan fingerprint density at radius 2 is 1.45 bits per heavy atom. The number of nitrogens with zero attached hydrogens (tertiary/aromatic N) is 1. The van der Waals surface area contributed by atoms with Crippen molar-refractivity contribution in [3.8, 4) is 5.75 Å². The SMILES string of the molecule is Cc1ccc(NC(=O)Nc2cccc(C(=O)Nc3cc(S(=O)(=O)O)cc4cc(S(=O)(=O)O)cc(O)c34)c2)c([N+](=O)[O-])c1. The number of nitrogens with one attached hydrogen (secondary N) is 3. The summed E-state index contributed by atoms with van der Waals surface area (Å²) >= 11 is 0. The summed E-state index contributed by atoms with van der Waals surface area (Å²) in [5.41, 5.74) is -0.120. The number of anilines is 3. The molecule has 42 heavy (non-hydrogen) atoms. The molecule has 0 bridgehead atoms. The third kappa shape index (κ3) is 6.61. The number of carbonyl (C=O) groups excluding carboxylic acids is 2. The Hall–Kier alpha value is -5.10. The number of nitro groups is 1. The van der Waals surface area contributed by atoms with Crippen LogP contribution in [-0.4, -0.2) is 47.9 Å². The number of benzene rings is 4. The molecule has 0 heterocycles. The smallest absolute Gasteiger partial charge is 0.323 e. The molecular formula is C25H20N4O11S2. The van der Waals surface area contributed by atoms with Gasteiger partial charge in [0.2, 0.25) is 0 Å². The van der Waals surface area contributed by atoms with Gasteiger partial charge < -0.3 is 21.1 Å². The molecule has 4 rings (SSSR count). The Bertz CT molecular complexity index is 2010. The van der Waals surface area contributed by atoms with Crippen molar-refractivity contribution in [1.82, 2.24) is 0 Å². The number of fused-ring (bicyclic) bond motifs is 1. The maximum Gasteiger partial charge on any atom is 0.323 e. The van der Waals surface area contributed by atoms with E-state index in [0.717, 1.165) is 18.2 Å². The molecule has 0 aromatic heterocycles. The van der Waals surface area contributed by atoms with Crippen LogP contribution in [0, 0.1) is 17.0 Å². The van der Waals surface area contributed by atoms with Crippen molar-refractivity contribution in [3.05, 3.63) is 88.0 Å². The van der Waals surface area contributed by atoms with Crippen molar-refractivity contribution in [2.45, 2.75) is 16.7 Å². The van der Waals surface area contributed by atoms with Gasteiger partial charge in [0.1, 0.15) is 11.4 Å². The predicted molar refractivity (Wildman–Crippen MR) is 150 cm³/mol. The summed E-state index contributed by atoms with van der Waals surface area (Å²) in [5, 5.41) is 28.5. The van der Waals surface area contributed by atoms with Crippen LogP contribution in [0.15, 0.2) is 76.5 Å². The molecule has 0 aliphatic rings. The minimum absolute atomic E-state index is 0.0699. The zero-order valence-electron chi connectivity index (χ0n) is 21.2. The summed E-state index contributed by atoms with van der Waals surface area (Å²) < 4.78 is 65.7. The lowest BCUT2D eigenvalue weighted by atomic mass is 10.1. The van der Waals surface area contributed by atoms with Crippen LogP contribution in [0.5, 0.6) is 5.75 Å². The van der Waals surface area contributed by atoms with E-state index in [1.807, 2.05) is 0 Å². The van der Waals surface area contributed by atoms with E-state index in [4.69, 9.17) is 0 Å². The highest BCUT2D eigenvalue weighted by atomic mass is 32.2. The minimum atomic E-state index is -4.88. The summed E-state index contributed by atoms with van der Waals surface area (Å²) in [6, 6.07) is 11.9. The van der Waals surface area contributed by atoms with Gasteiger partial charge in [-0.2, -0.15) is 16.8 Å². The number of rotatable bonds is 7. The molecule has 0 unspecified atom stereocenters. The molecule has 6 N–H and O–H groups in total. The van der Waals surface area contributed by atoms with E-state index in [0.29, 0.717) is 11.6 Å². The molecule has 0 saturated carbocycles. The monoisotopic (exact) mass is 616 g/mol. The summed E-state index contributed by atoms with van der Waals surface area (Å²) in [5.74, 6) is -1.62. The van der Waals surface area contributed by atoms with Crippen molar-refractivity contribution in [1.29, 1.82) is 0 Å². The fraction of sp³-hybridized carbons (Fsp3) is 0.0400. The van der Waals surface area contributed by atoms with Crippen LogP contribution in [0.2, 0.25) is 0 Å². The number of amides is 3. The molecule has 4 aromatic carbocycles. The molecule has 3 amide bonds. The topological polar surface area (TPSA) is 242 Å². The first-order valence-corrected chi connectivity index (χ1v) is 14.4. The average Bonchev–Trinajstić information content (AvgIpc) is 2.88. The lowest BCUT2D eigenvalue weighted by molar-refractivity contribution is -0.384. The van der Waals surface area contributed by atoms with E-state index < -0.39 is 52.6 Å². The molecule has 218 valence electrons. The zero-order chi connectivity index (χ0) is 31.0. The molecule has 0 radical (unpaired) electrons. The summed E-state index contributed by atoms with van der Waals surface area (Å²) in [4.78, 5) is 34.7. The molecule has 0 aliphatic carbocycles. The standard InChI is InChI=1S/C25H20N4O11S2/c1-13-5-6-19(21(7-13)29(33)34)28-25(32)26-16-4-2-3-14(8-16)24(31)27-20-11-17(41(35,36)37)9-15-10-18(42(38,39)40)12-22(30)23(15)20/h2-12,30H,1H3,(H,27,31)(H2,26,28,32)(H,35,36,37)(H,38,39,40). The number of hydrogen-bond donors (Lipinski definition) is 6. The normalized spacial score (nSPS) is 11.6. The molecule has 0 fully saturated rings. The van der Waals surface area contributed by atoms with E-state index >= 15 is 0 Å². The van der Waals surface area contributed by atoms with Crippen molar-refractivity contribution < 1.29 is 45.6 Å². The number of phenolic OH excluding ortho intramolecular Hbond substituents is 1. The summed E-state index contributed by atoms with van der Waals surface area (Å²) in [7, 11) is -9.70. The summed E-state index contributed by atoms with van der Waals surface area (Å²) in [6.07, 6.45) is 0. The zero-order valence-corrected chi connectivity index (χ0v) is 22.9. The molecule has 0 atom stereocenters. The first-order chi connectivity index (χ1) is 19.5. The van der Waals surface area contributed by atoms with Gasteiger partial charge in [-0.1, -0.05) is 12.1 Å². The number of hydrogen-bond acceptors (Lipinski definition) is 9. The number of urea groups is 1. The third-order valence-corrected chi connectivity index (χ3v) is 7.46. The van der Waals surface area contributed by atoms with Crippen molar-refractivity contribution in [3.63, 3.8) is 0 Å². The highest BCUT2D eigenvalue weighted by Gasteiger charge is 2.21. The average molecular weight is 617 g/mol. The quantitative estimate of drug-likeness (QED) is 0.0978. The predicted octanol–water partition coefficient (Wildman–Crippen LogP) is 4.15. The highest BCUT2D eigenvalue weighted by molar-refractivity contribution is 7.86. The molecule has 0 aliphatic heterocycles. The van der Waals surface area contributed by atoms with Crippen LogP contribution in [0.3, 0.4) is 0 Å². The number of nitro benzene ring substituents is 1. The Kier molecular flexibility index (Phi) is 7.86. The van der Waals surface area contributed by atoms with Crippen molar-refractivity contribution in [2.75, 3.05) is 16.0 Å². The van der Waals surface area contributed by atoms with Crippen LogP contribution in [0.1, 0.15) is 15.9 Å². The number of aryl methyl sites for hydroxylation is 1. The first-order valence-electron chi connectivity index (χ1n) is 11.5. The fourth-order valence-corrected chi connectivity index (χ4v) is 5.03. The van der Waals surface area contributed by atoms with Gasteiger partial charge in [0.15, 0.2) is 0 Å². The van der Waals surface area contributed by atoms with Crippen LogP contribution in [0.25, 0.3) is 10.8 Å². The molecule has 17 heteroatoms. The first kappa shape index (κ1) is 29.9. The van der Waals surface area contributed by atoms with Gasteiger partial charge in [-0.15, -0.1) is 0 Å². The number of carbonyl (C=O) groups is 2. The molecule has 0 spiro atoms. The third-order valence-electron chi connectivity index (χ3n) is 5.80. The second-order valence-electron chi connectivity index (χ2n) is 8.85. The highest BCUT2D eigenvalue weighted by Crippen LogP contribution is 2.37. The van der Waals surface area contributed by atoms with E-state index in [9.17, 15) is 50.8 Å². The molecule has 15 nitrogen and oxygen atoms in total. The van der Waals surface area contributed by atoms with Crippen LogP contribution in [0.4, 0.5) is 27.5 Å². The molecule has 4 aromatic rings. The van der Waals surface area contributed by atoms with E-state index in [1.165, 1.54) is 36.4 Å². The number of aromatic hydroxyl groups is 1. The van der Waals surface area contributed by atoms with E-state index in [2.05, 4.69) is 16.0 Å². The second-order valence-corrected chi connectivity index (χ2v) is 11.7. The van der Waals surface area contributed by atoms with Gasteiger partial charge in [-0.05, 0) is 60.3 Å². The maximum atomic E-state index is 13.1. The fourth-order valence-electron chi connectivity index (χ4n) is 3.95. The summed E-state index contributed by atoms with van der Waals surface area (Å²) in [6.45, 7) is 1.65.